The van der Waals surface area contributed by atoms with Gasteiger partial charge in [-0.1, -0.05) is 24.3 Å². The molecule has 1 amide bonds. The van der Waals surface area contributed by atoms with E-state index in [4.69, 9.17) is 0 Å². The predicted molar refractivity (Wildman–Crippen MR) is 133 cm³/mol. The Morgan fingerprint density at radius 2 is 1.88 bits per heavy atom. The van der Waals surface area contributed by atoms with E-state index in [0.717, 1.165) is 67.6 Å². The van der Waals surface area contributed by atoms with Crippen molar-refractivity contribution >= 4 is 28.2 Å². The molecule has 2 N–H and O–H groups in total. The zero-order valence-electron chi connectivity index (χ0n) is 19.3. The van der Waals surface area contributed by atoms with Crippen LogP contribution in [0.25, 0.3) is 10.8 Å². The number of nitrogens with zero attached hydrogens (tertiary/aromatic N) is 3. The molecule has 0 aliphatic carbocycles. The van der Waals surface area contributed by atoms with E-state index in [-0.39, 0.29) is 11.7 Å². The summed E-state index contributed by atoms with van der Waals surface area (Å²) in [4.78, 5) is 20.9. The Morgan fingerprint density at radius 3 is 2.74 bits per heavy atom. The van der Waals surface area contributed by atoms with Crippen molar-refractivity contribution in [1.82, 2.24) is 9.88 Å². The number of hydrogen-bond acceptors (Lipinski definition) is 5. The standard InChI is InChI=1S/C27H31FN4O2/c28-21-10-7-19-4-3-5-24(22(19)18-21)32-16-14-31(15-17-32)13-2-1-6-25(33)23-11-8-20-9-12-26(34)30-27(20)29-23/h3-5,7-8,10-11,18,25,33H,1-2,6,9,12-17H2,(H,29,30,34)/t25-/m0/s1. The van der Waals surface area contributed by atoms with Crippen molar-refractivity contribution in [3.8, 4) is 0 Å². The minimum absolute atomic E-state index is 0.0145. The van der Waals surface area contributed by atoms with Crippen LogP contribution in [-0.2, 0) is 11.2 Å². The zero-order valence-corrected chi connectivity index (χ0v) is 19.3. The molecule has 6 nitrogen and oxygen atoms in total. The number of aryl methyl sites for hydroxylation is 1. The van der Waals surface area contributed by atoms with Gasteiger partial charge in [0.05, 0.1) is 11.8 Å². The number of aliphatic hydroxyl groups excluding tert-OH is 1. The molecule has 1 saturated heterocycles. The largest absolute Gasteiger partial charge is 0.387 e. The Balaban J connectivity index is 1.08. The van der Waals surface area contributed by atoms with Crippen LogP contribution in [-0.4, -0.2) is 53.6 Å². The number of aromatic nitrogens is 1. The van der Waals surface area contributed by atoms with Gasteiger partial charge in [0, 0.05) is 43.7 Å². The highest BCUT2D eigenvalue weighted by molar-refractivity contribution is 5.94. The lowest BCUT2D eigenvalue weighted by molar-refractivity contribution is -0.116. The normalized spacial score (nSPS) is 17.5. The third-order valence-electron chi connectivity index (χ3n) is 6.96. The van der Waals surface area contributed by atoms with Crippen molar-refractivity contribution in [2.45, 2.75) is 38.2 Å². The summed E-state index contributed by atoms with van der Waals surface area (Å²) in [7, 11) is 0. The van der Waals surface area contributed by atoms with Gasteiger partial charge in [0.1, 0.15) is 11.6 Å². The first-order valence-electron chi connectivity index (χ1n) is 12.2. The molecular formula is C27H31FN4O2. The first-order valence-corrected chi connectivity index (χ1v) is 12.2. The molecule has 3 aromatic rings. The Labute approximate surface area is 199 Å². The lowest BCUT2D eigenvalue weighted by Gasteiger charge is -2.36. The number of rotatable bonds is 7. The molecule has 1 aromatic heterocycles. The second kappa shape index (κ2) is 10.1. The Kier molecular flexibility index (Phi) is 6.74. The van der Waals surface area contributed by atoms with Crippen LogP contribution in [0.5, 0.6) is 0 Å². The van der Waals surface area contributed by atoms with Gasteiger partial charge in [-0.05, 0) is 67.4 Å². The van der Waals surface area contributed by atoms with Crippen LogP contribution in [0.1, 0.15) is 43.0 Å². The maximum absolute atomic E-state index is 13.8. The van der Waals surface area contributed by atoms with Crippen molar-refractivity contribution < 1.29 is 14.3 Å². The van der Waals surface area contributed by atoms with Crippen LogP contribution >= 0.6 is 0 Å². The monoisotopic (exact) mass is 462 g/mol. The van der Waals surface area contributed by atoms with Gasteiger partial charge in [-0.2, -0.15) is 0 Å². The van der Waals surface area contributed by atoms with E-state index >= 15 is 0 Å². The number of fused-ring (bicyclic) bond motifs is 2. The first kappa shape index (κ1) is 22.7. The van der Waals surface area contributed by atoms with Crippen LogP contribution in [0.4, 0.5) is 15.9 Å². The molecule has 2 aliphatic rings. The van der Waals surface area contributed by atoms with Crippen molar-refractivity contribution in [2.75, 3.05) is 42.9 Å². The van der Waals surface area contributed by atoms with Crippen LogP contribution < -0.4 is 10.2 Å². The minimum atomic E-state index is -0.618. The number of carbonyl (C=O) groups excluding carboxylic acids is 1. The van der Waals surface area contributed by atoms with E-state index < -0.39 is 6.10 Å². The van der Waals surface area contributed by atoms with Crippen molar-refractivity contribution in [1.29, 1.82) is 0 Å². The summed E-state index contributed by atoms with van der Waals surface area (Å²) in [5, 5.41) is 15.4. The van der Waals surface area contributed by atoms with E-state index in [1.54, 1.807) is 6.07 Å². The molecule has 178 valence electrons. The number of halogens is 1. The van der Waals surface area contributed by atoms with Crippen molar-refractivity contribution in [3.63, 3.8) is 0 Å². The Hall–Kier alpha value is -3.03. The average Bonchev–Trinajstić information content (AvgIpc) is 2.86. The summed E-state index contributed by atoms with van der Waals surface area (Å²) in [6.45, 7) is 4.78. The Bertz CT molecular complexity index is 1180. The maximum Gasteiger partial charge on any atom is 0.225 e. The van der Waals surface area contributed by atoms with Crippen LogP contribution in [0.15, 0.2) is 48.5 Å². The predicted octanol–water partition coefficient (Wildman–Crippen LogP) is 4.28. The number of carbonyl (C=O) groups is 1. The van der Waals surface area contributed by atoms with Gasteiger partial charge in [0.15, 0.2) is 0 Å². The van der Waals surface area contributed by atoms with E-state index in [2.05, 4.69) is 26.2 Å². The lowest BCUT2D eigenvalue weighted by atomic mass is 10.0. The highest BCUT2D eigenvalue weighted by Crippen LogP contribution is 2.29. The van der Waals surface area contributed by atoms with Crippen LogP contribution in [0, 0.1) is 5.82 Å². The van der Waals surface area contributed by atoms with Gasteiger partial charge in [0.2, 0.25) is 5.91 Å². The molecule has 0 bridgehead atoms. The molecule has 34 heavy (non-hydrogen) atoms. The molecule has 2 aliphatic heterocycles. The molecule has 5 rings (SSSR count). The molecule has 0 radical (unpaired) electrons. The van der Waals surface area contributed by atoms with E-state index in [0.29, 0.717) is 30.8 Å². The van der Waals surface area contributed by atoms with Gasteiger partial charge in [-0.3, -0.25) is 9.69 Å². The van der Waals surface area contributed by atoms with Crippen molar-refractivity contribution in [3.05, 3.63) is 65.6 Å². The number of hydrogen-bond donors (Lipinski definition) is 2. The fraction of sp³-hybridized carbons (Fsp3) is 0.407. The third kappa shape index (κ3) is 5.05. The summed E-state index contributed by atoms with van der Waals surface area (Å²) in [6.07, 6.45) is 3.16. The number of benzene rings is 2. The molecule has 1 fully saturated rings. The van der Waals surface area contributed by atoms with Gasteiger partial charge in [0.25, 0.3) is 0 Å². The van der Waals surface area contributed by atoms with Crippen LogP contribution in [0.3, 0.4) is 0 Å². The number of piperazine rings is 1. The van der Waals surface area contributed by atoms with E-state index in [9.17, 15) is 14.3 Å². The van der Waals surface area contributed by atoms with Gasteiger partial charge in [-0.15, -0.1) is 0 Å². The fourth-order valence-electron chi connectivity index (χ4n) is 4.98. The van der Waals surface area contributed by atoms with E-state index in [1.807, 2.05) is 30.3 Å². The SMILES string of the molecule is O=C1CCc2ccc([C@@H](O)CCCCN3CCN(c4cccc5ccc(F)cc45)CC3)nc2N1. The second-order valence-corrected chi connectivity index (χ2v) is 9.27. The summed E-state index contributed by atoms with van der Waals surface area (Å²) in [5.74, 6) is 0.384. The molecule has 3 heterocycles. The maximum atomic E-state index is 13.8. The molecule has 0 unspecified atom stereocenters. The number of pyridine rings is 1. The number of amides is 1. The van der Waals surface area contributed by atoms with Crippen LogP contribution in [0.2, 0.25) is 0 Å². The minimum Gasteiger partial charge on any atom is -0.387 e. The molecule has 0 saturated carbocycles. The molecular weight excluding hydrogens is 431 g/mol. The summed E-state index contributed by atoms with van der Waals surface area (Å²) >= 11 is 0. The number of anilines is 2. The van der Waals surface area contributed by atoms with Gasteiger partial charge < -0.3 is 15.3 Å². The van der Waals surface area contributed by atoms with Gasteiger partial charge >= 0.3 is 0 Å². The van der Waals surface area contributed by atoms with Gasteiger partial charge in [-0.25, -0.2) is 9.37 Å². The summed E-state index contributed by atoms with van der Waals surface area (Å²) in [6, 6.07) is 15.0. The number of unbranched alkanes of at least 4 members (excludes halogenated alkanes) is 1. The highest BCUT2D eigenvalue weighted by atomic mass is 19.1. The number of nitrogens with one attached hydrogen (secondary N) is 1. The molecule has 2 aromatic carbocycles. The van der Waals surface area contributed by atoms with Crippen molar-refractivity contribution in [2.24, 2.45) is 0 Å². The zero-order chi connectivity index (χ0) is 23.5. The lowest BCUT2D eigenvalue weighted by Crippen LogP contribution is -2.46. The third-order valence-corrected chi connectivity index (χ3v) is 6.96. The first-order chi connectivity index (χ1) is 16.6. The molecule has 7 heteroatoms. The fourth-order valence-corrected chi connectivity index (χ4v) is 4.98. The molecule has 0 spiro atoms. The smallest absolute Gasteiger partial charge is 0.225 e. The highest BCUT2D eigenvalue weighted by Gasteiger charge is 2.20. The average molecular weight is 463 g/mol. The molecule has 1 atom stereocenters. The summed E-state index contributed by atoms with van der Waals surface area (Å²) in [5.41, 5.74) is 2.76. The number of aliphatic hydroxyl groups is 1. The quantitative estimate of drug-likeness (QED) is 0.513. The van der Waals surface area contributed by atoms with E-state index in [1.165, 1.54) is 6.07 Å². The Morgan fingerprint density at radius 1 is 1.03 bits per heavy atom. The summed E-state index contributed by atoms with van der Waals surface area (Å²) < 4.78 is 13.8. The topological polar surface area (TPSA) is 68.7 Å². The second-order valence-electron chi connectivity index (χ2n) is 9.27.